The second-order valence-electron chi connectivity index (χ2n) is 4.91. The van der Waals surface area contributed by atoms with Crippen LogP contribution in [0.5, 0.6) is 5.75 Å². The summed E-state index contributed by atoms with van der Waals surface area (Å²) < 4.78 is 24.4. The molecule has 20 heavy (non-hydrogen) atoms. The number of piperidine rings is 1. The molecule has 4 nitrogen and oxygen atoms in total. The first kappa shape index (κ1) is 14.9. The molecular formula is C15H20FNO3. The predicted molar refractivity (Wildman–Crippen MR) is 73.5 cm³/mol. The summed E-state index contributed by atoms with van der Waals surface area (Å²) in [4.78, 5) is 11.9. The fraction of sp³-hybridized carbons (Fsp3) is 0.533. The number of nitrogens with one attached hydrogen (secondary N) is 1. The lowest BCUT2D eigenvalue weighted by molar-refractivity contribution is -0.125. The van der Waals surface area contributed by atoms with Crippen LogP contribution in [0, 0.1) is 5.82 Å². The van der Waals surface area contributed by atoms with Crippen molar-refractivity contribution in [3.05, 3.63) is 29.6 Å². The molecule has 1 heterocycles. The lowest BCUT2D eigenvalue weighted by atomic mass is 10.1. The van der Waals surface area contributed by atoms with Crippen LogP contribution in [0.1, 0.15) is 18.4 Å². The third kappa shape index (κ3) is 4.02. The average Bonchev–Trinajstić information content (AvgIpc) is 2.48. The first-order chi connectivity index (χ1) is 9.70. The summed E-state index contributed by atoms with van der Waals surface area (Å²) in [7, 11) is 1.41. The molecule has 0 aromatic heterocycles. The maximum atomic E-state index is 13.9. The van der Waals surface area contributed by atoms with Crippen molar-refractivity contribution in [2.75, 3.05) is 26.8 Å². The topological polar surface area (TPSA) is 47.6 Å². The highest BCUT2D eigenvalue weighted by atomic mass is 19.1. The van der Waals surface area contributed by atoms with Crippen LogP contribution < -0.4 is 10.1 Å². The van der Waals surface area contributed by atoms with Gasteiger partial charge in [0.05, 0.1) is 13.2 Å². The minimum atomic E-state index is -0.467. The number of hydrogen-bond donors (Lipinski definition) is 1. The molecule has 0 radical (unpaired) electrons. The van der Waals surface area contributed by atoms with Crippen molar-refractivity contribution in [2.24, 2.45) is 0 Å². The summed E-state index contributed by atoms with van der Waals surface area (Å²) in [6.07, 6.45) is 2.01. The van der Waals surface area contributed by atoms with Gasteiger partial charge < -0.3 is 14.8 Å². The van der Waals surface area contributed by atoms with Crippen molar-refractivity contribution in [3.63, 3.8) is 0 Å². The van der Waals surface area contributed by atoms with Crippen LogP contribution in [0.15, 0.2) is 18.2 Å². The second-order valence-corrected chi connectivity index (χ2v) is 4.91. The van der Waals surface area contributed by atoms with Gasteiger partial charge in [-0.05, 0) is 37.6 Å². The number of carbonyl (C=O) groups is 1. The van der Waals surface area contributed by atoms with E-state index in [0.29, 0.717) is 5.56 Å². The minimum absolute atomic E-state index is 0.0357. The van der Waals surface area contributed by atoms with Crippen molar-refractivity contribution in [1.82, 2.24) is 5.32 Å². The monoisotopic (exact) mass is 281 g/mol. The van der Waals surface area contributed by atoms with Crippen LogP contribution in [0.25, 0.3) is 0 Å². The Bertz CT molecular complexity index is 458. The number of ketones is 1. The largest absolute Gasteiger partial charge is 0.494 e. The summed E-state index contributed by atoms with van der Waals surface area (Å²) in [5, 5.41) is 3.23. The Morgan fingerprint density at radius 3 is 2.85 bits per heavy atom. The third-order valence-corrected chi connectivity index (χ3v) is 3.42. The Morgan fingerprint density at radius 2 is 2.15 bits per heavy atom. The number of hydrogen-bond acceptors (Lipinski definition) is 4. The summed E-state index contributed by atoms with van der Waals surface area (Å²) in [5.74, 6) is -0.421. The van der Waals surface area contributed by atoms with E-state index in [1.165, 1.54) is 13.2 Å². The van der Waals surface area contributed by atoms with Crippen LogP contribution >= 0.6 is 0 Å². The van der Waals surface area contributed by atoms with E-state index in [-0.39, 0.29) is 30.7 Å². The zero-order chi connectivity index (χ0) is 14.4. The number of carbonyl (C=O) groups excluding carboxylic acids is 1. The van der Waals surface area contributed by atoms with Gasteiger partial charge in [-0.15, -0.1) is 0 Å². The van der Waals surface area contributed by atoms with E-state index in [4.69, 9.17) is 9.47 Å². The van der Waals surface area contributed by atoms with E-state index in [1.807, 2.05) is 0 Å². The van der Waals surface area contributed by atoms with Crippen LogP contribution in [0.3, 0.4) is 0 Å². The number of rotatable bonds is 6. The maximum Gasteiger partial charge on any atom is 0.168 e. The Balaban J connectivity index is 1.84. The normalized spacial score (nSPS) is 16.1. The molecule has 0 saturated carbocycles. The van der Waals surface area contributed by atoms with Gasteiger partial charge in [0.15, 0.2) is 17.3 Å². The first-order valence-electron chi connectivity index (χ1n) is 6.86. The molecule has 2 rings (SSSR count). The SMILES string of the molecule is COc1cccc(CC(=O)COC2CCNCC2)c1F. The molecule has 0 bridgehead atoms. The number of Topliss-reactive ketones (excluding diaryl/α,β-unsaturated/α-hetero) is 1. The Labute approximate surface area is 118 Å². The molecular weight excluding hydrogens is 261 g/mol. The van der Waals surface area contributed by atoms with E-state index in [0.717, 1.165) is 25.9 Å². The van der Waals surface area contributed by atoms with E-state index >= 15 is 0 Å². The van der Waals surface area contributed by atoms with Gasteiger partial charge in [0.2, 0.25) is 0 Å². The zero-order valence-electron chi connectivity index (χ0n) is 11.7. The lowest BCUT2D eigenvalue weighted by Crippen LogP contribution is -2.33. The van der Waals surface area contributed by atoms with Crippen molar-refractivity contribution < 1.29 is 18.7 Å². The molecule has 0 aliphatic carbocycles. The first-order valence-corrected chi connectivity index (χ1v) is 6.86. The van der Waals surface area contributed by atoms with Crippen LogP contribution in [-0.2, 0) is 16.0 Å². The van der Waals surface area contributed by atoms with Gasteiger partial charge in [0, 0.05) is 6.42 Å². The molecule has 1 fully saturated rings. The van der Waals surface area contributed by atoms with Crippen molar-refractivity contribution >= 4 is 5.78 Å². The standard InChI is InChI=1S/C15H20FNO3/c1-19-14-4-2-3-11(15(14)16)9-12(18)10-20-13-5-7-17-8-6-13/h2-4,13,17H,5-10H2,1H3. The maximum absolute atomic E-state index is 13.9. The molecule has 5 heteroatoms. The van der Waals surface area contributed by atoms with Gasteiger partial charge in [0.25, 0.3) is 0 Å². The molecule has 1 aromatic rings. The highest BCUT2D eigenvalue weighted by molar-refractivity contribution is 5.82. The molecule has 0 amide bonds. The average molecular weight is 281 g/mol. The molecule has 1 aliphatic heterocycles. The Hall–Kier alpha value is -1.46. The number of methoxy groups -OCH3 is 1. The molecule has 1 aliphatic rings. The van der Waals surface area contributed by atoms with E-state index in [2.05, 4.69) is 5.32 Å². The second kappa shape index (κ2) is 7.36. The van der Waals surface area contributed by atoms with Crippen molar-refractivity contribution in [2.45, 2.75) is 25.4 Å². The molecule has 0 atom stereocenters. The molecule has 110 valence electrons. The van der Waals surface area contributed by atoms with Gasteiger partial charge in [-0.3, -0.25) is 4.79 Å². The van der Waals surface area contributed by atoms with Crippen molar-refractivity contribution in [1.29, 1.82) is 0 Å². The zero-order valence-corrected chi connectivity index (χ0v) is 11.7. The van der Waals surface area contributed by atoms with Crippen LogP contribution in [0.4, 0.5) is 4.39 Å². The Kier molecular flexibility index (Phi) is 5.49. The number of benzene rings is 1. The number of ether oxygens (including phenoxy) is 2. The van der Waals surface area contributed by atoms with E-state index in [9.17, 15) is 9.18 Å². The molecule has 1 saturated heterocycles. The molecule has 0 unspecified atom stereocenters. The summed E-state index contributed by atoms with van der Waals surface area (Å²) >= 11 is 0. The summed E-state index contributed by atoms with van der Waals surface area (Å²) in [5.41, 5.74) is 0.350. The molecule has 1 aromatic carbocycles. The summed E-state index contributed by atoms with van der Waals surface area (Å²) in [6, 6.07) is 4.81. The van der Waals surface area contributed by atoms with Crippen molar-refractivity contribution in [3.8, 4) is 5.75 Å². The van der Waals surface area contributed by atoms with Gasteiger partial charge in [0.1, 0.15) is 6.61 Å². The fourth-order valence-corrected chi connectivity index (χ4v) is 2.29. The molecule has 0 spiro atoms. The van der Waals surface area contributed by atoms with Crippen LogP contribution in [0.2, 0.25) is 0 Å². The van der Waals surface area contributed by atoms with Gasteiger partial charge in [-0.2, -0.15) is 0 Å². The molecule has 1 N–H and O–H groups in total. The summed E-state index contributed by atoms with van der Waals surface area (Å²) in [6.45, 7) is 1.88. The fourth-order valence-electron chi connectivity index (χ4n) is 2.29. The highest BCUT2D eigenvalue weighted by Crippen LogP contribution is 2.20. The minimum Gasteiger partial charge on any atom is -0.494 e. The number of halogens is 1. The van der Waals surface area contributed by atoms with E-state index < -0.39 is 5.82 Å². The van der Waals surface area contributed by atoms with Gasteiger partial charge in [-0.25, -0.2) is 4.39 Å². The Morgan fingerprint density at radius 1 is 1.40 bits per heavy atom. The third-order valence-electron chi connectivity index (χ3n) is 3.42. The quantitative estimate of drug-likeness (QED) is 0.862. The van der Waals surface area contributed by atoms with Gasteiger partial charge in [-0.1, -0.05) is 12.1 Å². The smallest absolute Gasteiger partial charge is 0.168 e. The van der Waals surface area contributed by atoms with Gasteiger partial charge >= 0.3 is 0 Å². The highest BCUT2D eigenvalue weighted by Gasteiger charge is 2.16. The van der Waals surface area contributed by atoms with E-state index in [1.54, 1.807) is 12.1 Å². The van der Waals surface area contributed by atoms with Crippen LogP contribution in [-0.4, -0.2) is 38.7 Å². The predicted octanol–water partition coefficient (Wildman–Crippen LogP) is 1.71. The lowest BCUT2D eigenvalue weighted by Gasteiger charge is -2.22.